The Hall–Kier alpha value is -2.64. The summed E-state index contributed by atoms with van der Waals surface area (Å²) in [7, 11) is 3.12. The summed E-state index contributed by atoms with van der Waals surface area (Å²) in [6.45, 7) is 0.300. The Kier molecular flexibility index (Phi) is 5.65. The normalized spacial score (nSPS) is 10.0. The monoisotopic (exact) mass is 295 g/mol. The molecule has 114 valence electrons. The van der Waals surface area contributed by atoms with Crippen LogP contribution in [0.3, 0.4) is 0 Å². The van der Waals surface area contributed by atoms with Crippen LogP contribution in [0.15, 0.2) is 18.2 Å². The van der Waals surface area contributed by atoms with Crippen LogP contribution in [0.2, 0.25) is 0 Å². The van der Waals surface area contributed by atoms with Gasteiger partial charge >= 0.3 is 5.97 Å². The number of carbonyl (C=O) groups is 2. The third-order valence-corrected chi connectivity index (χ3v) is 2.73. The number of hydrogen-bond donors (Lipinski definition) is 2. The van der Waals surface area contributed by atoms with Gasteiger partial charge in [0.05, 0.1) is 4.92 Å². The number of aliphatic carboxylic acids is 1. The molecule has 8 nitrogen and oxygen atoms in total. The molecular weight excluding hydrogens is 278 g/mol. The fraction of sp³-hybridized carbons (Fsp3) is 0.385. The van der Waals surface area contributed by atoms with Crippen molar-refractivity contribution in [3.63, 3.8) is 0 Å². The van der Waals surface area contributed by atoms with Crippen molar-refractivity contribution in [2.45, 2.75) is 12.8 Å². The number of benzene rings is 1. The van der Waals surface area contributed by atoms with E-state index in [9.17, 15) is 19.7 Å². The molecule has 0 heterocycles. The molecule has 0 saturated heterocycles. The van der Waals surface area contributed by atoms with Crippen LogP contribution in [-0.2, 0) is 4.79 Å². The first-order chi connectivity index (χ1) is 9.82. The summed E-state index contributed by atoms with van der Waals surface area (Å²) in [6.07, 6.45) is 0.336. The van der Waals surface area contributed by atoms with Crippen molar-refractivity contribution in [3.05, 3.63) is 33.9 Å². The smallest absolute Gasteiger partial charge is 0.303 e. The van der Waals surface area contributed by atoms with Crippen molar-refractivity contribution < 1.29 is 19.6 Å². The zero-order valence-electron chi connectivity index (χ0n) is 11.8. The predicted molar refractivity (Wildman–Crippen MR) is 76.5 cm³/mol. The van der Waals surface area contributed by atoms with Gasteiger partial charge in [-0.2, -0.15) is 0 Å². The highest BCUT2D eigenvalue weighted by Gasteiger charge is 2.18. The molecule has 0 aliphatic heterocycles. The maximum absolute atomic E-state index is 11.8. The highest BCUT2D eigenvalue weighted by molar-refractivity contribution is 5.95. The Morgan fingerprint density at radius 2 is 2.05 bits per heavy atom. The molecule has 0 unspecified atom stereocenters. The van der Waals surface area contributed by atoms with Gasteiger partial charge in [-0.05, 0) is 18.6 Å². The lowest BCUT2D eigenvalue weighted by atomic mass is 10.1. The van der Waals surface area contributed by atoms with Gasteiger partial charge in [0.1, 0.15) is 5.69 Å². The van der Waals surface area contributed by atoms with E-state index in [2.05, 4.69) is 5.32 Å². The van der Waals surface area contributed by atoms with E-state index in [0.29, 0.717) is 13.0 Å². The van der Waals surface area contributed by atoms with Gasteiger partial charge in [0.25, 0.3) is 11.6 Å². The van der Waals surface area contributed by atoms with E-state index < -0.39 is 10.9 Å². The van der Waals surface area contributed by atoms with Crippen LogP contribution in [0.1, 0.15) is 23.2 Å². The summed E-state index contributed by atoms with van der Waals surface area (Å²) < 4.78 is 0. The van der Waals surface area contributed by atoms with Gasteiger partial charge in [0.2, 0.25) is 0 Å². The van der Waals surface area contributed by atoms with Crippen molar-refractivity contribution >= 4 is 23.3 Å². The predicted octanol–water partition coefficient (Wildman–Crippen LogP) is 1.57. The number of nitro groups is 1. The van der Waals surface area contributed by atoms with Gasteiger partial charge in [-0.3, -0.25) is 19.7 Å². The number of hydrogen-bond acceptors (Lipinski definition) is 5. The van der Waals surface area contributed by atoms with E-state index in [1.807, 2.05) is 0 Å². The summed E-state index contributed by atoms with van der Waals surface area (Å²) >= 11 is 0. The second-order valence-corrected chi connectivity index (χ2v) is 4.61. The van der Waals surface area contributed by atoms with Gasteiger partial charge in [0, 0.05) is 38.7 Å². The first-order valence-corrected chi connectivity index (χ1v) is 6.28. The van der Waals surface area contributed by atoms with Crippen molar-refractivity contribution in [3.8, 4) is 0 Å². The Morgan fingerprint density at radius 3 is 2.57 bits per heavy atom. The topological polar surface area (TPSA) is 113 Å². The molecule has 0 saturated carbocycles. The fourth-order valence-electron chi connectivity index (χ4n) is 1.69. The summed E-state index contributed by atoms with van der Waals surface area (Å²) in [5.74, 6) is -1.24. The van der Waals surface area contributed by atoms with Gasteiger partial charge < -0.3 is 15.3 Å². The van der Waals surface area contributed by atoms with Crippen LogP contribution >= 0.6 is 0 Å². The van der Waals surface area contributed by atoms with Gasteiger partial charge in [0.15, 0.2) is 0 Å². The summed E-state index contributed by atoms with van der Waals surface area (Å²) in [5, 5.41) is 22.4. The molecule has 1 rings (SSSR count). The lowest BCUT2D eigenvalue weighted by molar-refractivity contribution is -0.384. The molecule has 0 radical (unpaired) electrons. The van der Waals surface area contributed by atoms with Crippen LogP contribution < -0.4 is 5.32 Å². The van der Waals surface area contributed by atoms with E-state index in [-0.39, 0.29) is 29.3 Å². The summed E-state index contributed by atoms with van der Waals surface area (Å²) in [4.78, 5) is 34.0. The van der Waals surface area contributed by atoms with Crippen molar-refractivity contribution in [1.29, 1.82) is 0 Å². The SMILES string of the molecule is CN(C)C(=O)c1ccc(NCCCC(=O)O)c([N+](=O)[O-])c1. The van der Waals surface area contributed by atoms with Crippen molar-refractivity contribution in [1.82, 2.24) is 4.90 Å². The van der Waals surface area contributed by atoms with E-state index >= 15 is 0 Å². The average Bonchev–Trinajstić information content (AvgIpc) is 2.42. The zero-order chi connectivity index (χ0) is 16.0. The lowest BCUT2D eigenvalue weighted by Gasteiger charge is -2.11. The van der Waals surface area contributed by atoms with Crippen LogP contribution in [0.5, 0.6) is 0 Å². The van der Waals surface area contributed by atoms with Gasteiger partial charge in [-0.15, -0.1) is 0 Å². The third kappa shape index (κ3) is 4.75. The number of anilines is 1. The molecule has 0 aliphatic rings. The largest absolute Gasteiger partial charge is 0.481 e. The molecule has 1 aromatic carbocycles. The Bertz CT molecular complexity index is 557. The van der Waals surface area contributed by atoms with E-state index in [0.717, 1.165) is 0 Å². The van der Waals surface area contributed by atoms with Gasteiger partial charge in [-0.1, -0.05) is 0 Å². The average molecular weight is 295 g/mol. The number of nitrogens with one attached hydrogen (secondary N) is 1. The van der Waals surface area contributed by atoms with E-state index in [1.165, 1.54) is 23.1 Å². The molecule has 0 atom stereocenters. The number of amides is 1. The number of nitrogens with zero attached hydrogens (tertiary/aromatic N) is 2. The molecule has 0 fully saturated rings. The Labute approximate surface area is 121 Å². The van der Waals surface area contributed by atoms with Crippen molar-refractivity contribution in [2.24, 2.45) is 0 Å². The second kappa shape index (κ2) is 7.22. The quantitative estimate of drug-likeness (QED) is 0.448. The summed E-state index contributed by atoms with van der Waals surface area (Å²) in [5.41, 5.74) is 0.279. The van der Waals surface area contributed by atoms with E-state index in [1.54, 1.807) is 14.1 Å². The number of nitro benzene ring substituents is 1. The Morgan fingerprint density at radius 1 is 1.38 bits per heavy atom. The standard InChI is InChI=1S/C13H17N3O5/c1-15(2)13(19)9-5-6-10(11(8-9)16(20)21)14-7-3-4-12(17)18/h5-6,8,14H,3-4,7H2,1-2H3,(H,17,18). The molecule has 0 spiro atoms. The zero-order valence-corrected chi connectivity index (χ0v) is 11.8. The minimum absolute atomic E-state index is 0.0159. The first kappa shape index (κ1) is 16.4. The number of carbonyl (C=O) groups excluding carboxylic acids is 1. The second-order valence-electron chi connectivity index (χ2n) is 4.61. The fourth-order valence-corrected chi connectivity index (χ4v) is 1.69. The maximum atomic E-state index is 11.8. The summed E-state index contributed by atoms with van der Waals surface area (Å²) in [6, 6.07) is 4.16. The number of carboxylic acids is 1. The molecule has 0 bridgehead atoms. The molecule has 8 heteroatoms. The molecule has 21 heavy (non-hydrogen) atoms. The van der Waals surface area contributed by atoms with Crippen LogP contribution in [0.25, 0.3) is 0 Å². The molecule has 1 aromatic rings. The van der Waals surface area contributed by atoms with Gasteiger partial charge in [-0.25, -0.2) is 0 Å². The molecule has 2 N–H and O–H groups in total. The van der Waals surface area contributed by atoms with Crippen LogP contribution in [0, 0.1) is 10.1 Å². The Balaban J connectivity index is 2.87. The van der Waals surface area contributed by atoms with Crippen LogP contribution in [-0.4, -0.2) is 47.4 Å². The molecule has 0 aliphatic carbocycles. The maximum Gasteiger partial charge on any atom is 0.303 e. The minimum Gasteiger partial charge on any atom is -0.481 e. The minimum atomic E-state index is -0.918. The van der Waals surface area contributed by atoms with E-state index in [4.69, 9.17) is 5.11 Å². The molecule has 1 amide bonds. The highest BCUT2D eigenvalue weighted by atomic mass is 16.6. The molecular formula is C13H17N3O5. The molecule has 0 aromatic heterocycles. The highest BCUT2D eigenvalue weighted by Crippen LogP contribution is 2.26. The first-order valence-electron chi connectivity index (χ1n) is 6.28. The van der Waals surface area contributed by atoms with Crippen LogP contribution in [0.4, 0.5) is 11.4 Å². The number of carboxylic acid groups (broad SMARTS) is 1. The number of rotatable bonds is 7. The lowest BCUT2D eigenvalue weighted by Crippen LogP contribution is -2.21. The van der Waals surface area contributed by atoms with Crippen molar-refractivity contribution in [2.75, 3.05) is 26.0 Å². The third-order valence-electron chi connectivity index (χ3n) is 2.73.